The van der Waals surface area contributed by atoms with E-state index in [2.05, 4.69) is 13.8 Å². The Labute approximate surface area is 113 Å². The third kappa shape index (κ3) is 5.07. The van der Waals surface area contributed by atoms with Crippen LogP contribution in [-0.2, 0) is 13.6 Å². The molecule has 0 amide bonds. The third-order valence-corrected chi connectivity index (χ3v) is 5.01. The van der Waals surface area contributed by atoms with E-state index >= 15 is 0 Å². The molecule has 0 aromatic carbocycles. The molecule has 0 N–H and O–H groups in total. The highest BCUT2D eigenvalue weighted by Crippen LogP contribution is 2.50. The van der Waals surface area contributed by atoms with Crippen LogP contribution in [0.3, 0.4) is 0 Å². The minimum absolute atomic E-state index is 0.0240. The van der Waals surface area contributed by atoms with E-state index in [1.165, 1.54) is 0 Å². The Kier molecular flexibility index (Phi) is 5.95. The van der Waals surface area contributed by atoms with Crippen molar-refractivity contribution in [1.29, 1.82) is 0 Å². The topological polar surface area (TPSA) is 35.5 Å². The fraction of sp³-hybridized carbons (Fsp3) is 1.00. The van der Waals surface area contributed by atoms with E-state index in [1.54, 1.807) is 6.66 Å². The maximum Gasteiger partial charge on any atom is 0.328 e. The Hall–Kier alpha value is 0.215. The predicted molar refractivity (Wildman–Crippen MR) is 76.3 cm³/mol. The second kappa shape index (κ2) is 6.59. The molecule has 0 aromatic heterocycles. The highest BCUT2D eigenvalue weighted by molar-refractivity contribution is 7.53. The molecule has 0 saturated heterocycles. The zero-order valence-electron chi connectivity index (χ0n) is 12.3. The second-order valence-corrected chi connectivity index (χ2v) is 8.01. The van der Waals surface area contributed by atoms with Crippen molar-refractivity contribution in [1.82, 2.24) is 0 Å². The first-order valence-corrected chi connectivity index (χ1v) is 8.90. The van der Waals surface area contributed by atoms with Crippen LogP contribution in [-0.4, -0.2) is 26.7 Å². The van der Waals surface area contributed by atoms with Crippen LogP contribution in [0.2, 0.25) is 5.82 Å². The SMILES string of the molecule is [B]C1CCC(C(C)C)CC1OP(C)(=O)OC(C)C. The predicted octanol–water partition coefficient (Wildman–Crippen LogP) is 4.03. The van der Waals surface area contributed by atoms with Gasteiger partial charge in [0.25, 0.3) is 0 Å². The summed E-state index contributed by atoms with van der Waals surface area (Å²) in [6.07, 6.45) is 2.73. The van der Waals surface area contributed by atoms with Gasteiger partial charge >= 0.3 is 7.60 Å². The molecule has 3 nitrogen and oxygen atoms in total. The second-order valence-electron chi connectivity index (χ2n) is 6.05. The Morgan fingerprint density at radius 1 is 1.22 bits per heavy atom. The summed E-state index contributed by atoms with van der Waals surface area (Å²) in [7, 11) is 3.09. The van der Waals surface area contributed by atoms with E-state index in [4.69, 9.17) is 16.9 Å². The molecular formula is C13H26BO3P. The maximum absolute atomic E-state index is 12.2. The molecule has 18 heavy (non-hydrogen) atoms. The van der Waals surface area contributed by atoms with Crippen molar-refractivity contribution in [2.75, 3.05) is 6.66 Å². The quantitative estimate of drug-likeness (QED) is 0.559. The summed E-state index contributed by atoms with van der Waals surface area (Å²) in [5, 5.41) is 0. The minimum atomic E-state index is -2.99. The Morgan fingerprint density at radius 3 is 2.33 bits per heavy atom. The molecule has 1 fully saturated rings. The summed E-state index contributed by atoms with van der Waals surface area (Å²) < 4.78 is 23.3. The van der Waals surface area contributed by atoms with Gasteiger partial charge in [0, 0.05) is 6.66 Å². The zero-order valence-corrected chi connectivity index (χ0v) is 13.2. The van der Waals surface area contributed by atoms with E-state index in [-0.39, 0.29) is 18.0 Å². The van der Waals surface area contributed by atoms with Gasteiger partial charge in [-0.1, -0.05) is 32.5 Å². The summed E-state index contributed by atoms with van der Waals surface area (Å²) in [5.74, 6) is 1.20. The van der Waals surface area contributed by atoms with Crippen LogP contribution in [0.4, 0.5) is 0 Å². The maximum atomic E-state index is 12.2. The van der Waals surface area contributed by atoms with E-state index in [0.29, 0.717) is 11.8 Å². The number of hydrogen-bond donors (Lipinski definition) is 0. The van der Waals surface area contributed by atoms with Gasteiger partial charge in [-0.2, -0.15) is 0 Å². The van der Waals surface area contributed by atoms with Crippen LogP contribution in [0.5, 0.6) is 0 Å². The lowest BCUT2D eigenvalue weighted by Crippen LogP contribution is -2.30. The third-order valence-electron chi connectivity index (χ3n) is 3.56. The molecule has 0 bridgehead atoms. The first-order chi connectivity index (χ1) is 8.21. The summed E-state index contributed by atoms with van der Waals surface area (Å²) in [5.41, 5.74) is 0. The van der Waals surface area contributed by atoms with E-state index in [0.717, 1.165) is 19.3 Å². The molecular weight excluding hydrogens is 246 g/mol. The fourth-order valence-corrected chi connectivity index (χ4v) is 4.11. The molecule has 0 aliphatic heterocycles. The van der Waals surface area contributed by atoms with Crippen LogP contribution in [0.1, 0.15) is 47.0 Å². The summed E-state index contributed by atoms with van der Waals surface area (Å²) in [4.78, 5) is 0. The molecule has 1 saturated carbocycles. The molecule has 0 heterocycles. The number of hydrogen-bond acceptors (Lipinski definition) is 3. The van der Waals surface area contributed by atoms with Gasteiger partial charge in [0.1, 0.15) is 0 Å². The van der Waals surface area contributed by atoms with Crippen molar-refractivity contribution < 1.29 is 13.6 Å². The van der Waals surface area contributed by atoms with E-state index in [9.17, 15) is 4.57 Å². The molecule has 4 atom stereocenters. The van der Waals surface area contributed by atoms with Crippen molar-refractivity contribution >= 4 is 15.4 Å². The number of rotatable bonds is 5. The van der Waals surface area contributed by atoms with Gasteiger partial charge in [0.05, 0.1) is 20.1 Å². The standard InChI is InChI=1S/C13H26BO3P/c1-9(2)11-6-7-12(14)13(8-11)17-18(5,15)16-10(3)4/h9-13H,6-8H2,1-5H3. The van der Waals surface area contributed by atoms with Crippen molar-refractivity contribution in [2.45, 2.75) is 65.0 Å². The molecule has 0 spiro atoms. The first kappa shape index (κ1) is 16.3. The average Bonchev–Trinajstić information content (AvgIpc) is 2.18. The van der Waals surface area contributed by atoms with Crippen LogP contribution >= 0.6 is 7.60 Å². The average molecular weight is 272 g/mol. The van der Waals surface area contributed by atoms with Gasteiger partial charge in [-0.3, -0.25) is 4.57 Å². The fourth-order valence-electron chi connectivity index (χ4n) is 2.56. The molecule has 4 unspecified atom stereocenters. The van der Waals surface area contributed by atoms with Crippen LogP contribution < -0.4 is 0 Å². The summed E-state index contributed by atoms with van der Waals surface area (Å²) in [6.45, 7) is 9.69. The van der Waals surface area contributed by atoms with Crippen molar-refractivity contribution in [2.24, 2.45) is 11.8 Å². The lowest BCUT2D eigenvalue weighted by molar-refractivity contribution is 0.0775. The van der Waals surface area contributed by atoms with Crippen molar-refractivity contribution in [3.63, 3.8) is 0 Å². The molecule has 1 aliphatic rings. The smallest absolute Gasteiger partial charge is 0.306 e. The van der Waals surface area contributed by atoms with Gasteiger partial charge in [-0.15, -0.1) is 0 Å². The molecule has 0 aromatic rings. The first-order valence-electron chi connectivity index (χ1n) is 6.91. The molecule has 5 heteroatoms. The van der Waals surface area contributed by atoms with Crippen LogP contribution in [0, 0.1) is 11.8 Å². The molecule has 1 rings (SSSR count). The van der Waals surface area contributed by atoms with E-state index in [1.807, 2.05) is 13.8 Å². The Bertz CT molecular complexity index is 307. The largest absolute Gasteiger partial charge is 0.328 e. The van der Waals surface area contributed by atoms with Gasteiger partial charge < -0.3 is 9.05 Å². The van der Waals surface area contributed by atoms with Gasteiger partial charge in [0.15, 0.2) is 0 Å². The van der Waals surface area contributed by atoms with E-state index < -0.39 is 7.60 Å². The molecule has 1 aliphatic carbocycles. The molecule has 2 radical (unpaired) electrons. The highest BCUT2D eigenvalue weighted by atomic mass is 31.2. The van der Waals surface area contributed by atoms with Crippen molar-refractivity contribution in [3.05, 3.63) is 0 Å². The van der Waals surface area contributed by atoms with Crippen LogP contribution in [0.25, 0.3) is 0 Å². The minimum Gasteiger partial charge on any atom is -0.306 e. The van der Waals surface area contributed by atoms with Gasteiger partial charge in [0.2, 0.25) is 0 Å². The zero-order chi connectivity index (χ0) is 13.9. The summed E-state index contributed by atoms with van der Waals surface area (Å²) in [6, 6.07) is 0. The monoisotopic (exact) mass is 272 g/mol. The Balaban J connectivity index is 2.60. The van der Waals surface area contributed by atoms with Crippen molar-refractivity contribution in [3.8, 4) is 0 Å². The lowest BCUT2D eigenvalue weighted by atomic mass is 9.68. The molecule has 104 valence electrons. The van der Waals surface area contributed by atoms with Crippen LogP contribution in [0.15, 0.2) is 0 Å². The Morgan fingerprint density at radius 2 is 1.83 bits per heavy atom. The van der Waals surface area contributed by atoms with Gasteiger partial charge in [-0.25, -0.2) is 0 Å². The summed E-state index contributed by atoms with van der Waals surface area (Å²) >= 11 is 0. The lowest BCUT2D eigenvalue weighted by Gasteiger charge is -2.37. The highest BCUT2D eigenvalue weighted by Gasteiger charge is 2.34. The van der Waals surface area contributed by atoms with Gasteiger partial charge in [-0.05, 0) is 32.1 Å². The normalized spacial score (nSPS) is 32.7.